The molecule has 3 nitrogen and oxygen atoms in total. The largest absolute Gasteiger partial charge is 0.391 e. The molecular formula is C12H23NO2. The first kappa shape index (κ1) is 12.7. The normalized spacial score (nSPS) is 28.1. The van der Waals surface area contributed by atoms with Crippen LogP contribution < -0.4 is 0 Å². The molecule has 0 heterocycles. The van der Waals surface area contributed by atoms with E-state index in [1.165, 1.54) is 6.42 Å². The van der Waals surface area contributed by atoms with E-state index in [0.29, 0.717) is 0 Å². The Morgan fingerprint density at radius 2 is 2.00 bits per heavy atom. The summed E-state index contributed by atoms with van der Waals surface area (Å²) in [5.74, 6) is 0. The van der Waals surface area contributed by atoms with Crippen molar-refractivity contribution >= 4 is 6.29 Å². The van der Waals surface area contributed by atoms with E-state index in [4.69, 9.17) is 0 Å². The van der Waals surface area contributed by atoms with Gasteiger partial charge < -0.3 is 9.90 Å². The van der Waals surface area contributed by atoms with Crippen LogP contribution in [0.1, 0.15) is 39.5 Å². The van der Waals surface area contributed by atoms with E-state index in [-0.39, 0.29) is 17.6 Å². The molecule has 1 saturated carbocycles. The minimum absolute atomic E-state index is 0.216. The highest BCUT2D eigenvalue weighted by Crippen LogP contribution is 2.24. The van der Waals surface area contributed by atoms with Gasteiger partial charge in [0.2, 0.25) is 0 Å². The van der Waals surface area contributed by atoms with Crippen LogP contribution >= 0.6 is 0 Å². The van der Waals surface area contributed by atoms with Crippen molar-refractivity contribution in [3.63, 3.8) is 0 Å². The fourth-order valence-corrected chi connectivity index (χ4v) is 2.40. The third-order valence-electron chi connectivity index (χ3n) is 3.24. The van der Waals surface area contributed by atoms with Gasteiger partial charge in [0.15, 0.2) is 0 Å². The lowest BCUT2D eigenvalue weighted by molar-refractivity contribution is -0.116. The van der Waals surface area contributed by atoms with Crippen molar-refractivity contribution in [1.29, 1.82) is 0 Å². The molecule has 1 N–H and O–H groups in total. The number of rotatable bonds is 4. The Hall–Kier alpha value is -0.410. The van der Waals surface area contributed by atoms with Crippen molar-refractivity contribution in [3.05, 3.63) is 0 Å². The molecule has 0 amide bonds. The van der Waals surface area contributed by atoms with Crippen molar-refractivity contribution in [1.82, 2.24) is 4.90 Å². The summed E-state index contributed by atoms with van der Waals surface area (Å²) in [5.41, 5.74) is -0.314. The molecule has 0 aromatic heterocycles. The Morgan fingerprint density at radius 3 is 2.53 bits per heavy atom. The van der Waals surface area contributed by atoms with Crippen molar-refractivity contribution < 1.29 is 9.90 Å². The first-order valence-corrected chi connectivity index (χ1v) is 5.81. The van der Waals surface area contributed by atoms with E-state index < -0.39 is 0 Å². The van der Waals surface area contributed by atoms with E-state index in [1.807, 2.05) is 20.9 Å². The zero-order chi connectivity index (χ0) is 11.5. The number of aldehydes is 1. The van der Waals surface area contributed by atoms with Crippen LogP contribution in [0.15, 0.2) is 0 Å². The van der Waals surface area contributed by atoms with Gasteiger partial charge in [0.05, 0.1) is 6.10 Å². The maximum absolute atomic E-state index is 10.8. The molecule has 0 aliphatic heterocycles. The zero-order valence-electron chi connectivity index (χ0n) is 10.1. The highest BCUT2D eigenvalue weighted by Gasteiger charge is 2.29. The molecule has 0 aromatic rings. The second kappa shape index (κ2) is 5.08. The summed E-state index contributed by atoms with van der Waals surface area (Å²) in [6.45, 7) is 4.59. The summed E-state index contributed by atoms with van der Waals surface area (Å²) < 4.78 is 0. The number of likely N-dealkylation sites (N-methyl/N-ethyl adjacent to an activating group) is 1. The zero-order valence-corrected chi connectivity index (χ0v) is 10.1. The first-order valence-electron chi connectivity index (χ1n) is 5.81. The number of hydrogen-bond donors (Lipinski definition) is 1. The third kappa shape index (κ3) is 3.58. The second-order valence-corrected chi connectivity index (χ2v) is 5.44. The number of carbonyl (C=O) groups excluding carboxylic acids is 1. The van der Waals surface area contributed by atoms with Crippen molar-refractivity contribution in [2.75, 3.05) is 13.6 Å². The summed E-state index contributed by atoms with van der Waals surface area (Å²) in [6.07, 6.45) is 5.05. The lowest BCUT2D eigenvalue weighted by Gasteiger charge is -2.37. The lowest BCUT2D eigenvalue weighted by Crippen LogP contribution is -2.47. The van der Waals surface area contributed by atoms with Gasteiger partial charge in [0.25, 0.3) is 0 Å². The summed E-state index contributed by atoms with van der Waals surface area (Å²) in [4.78, 5) is 13.0. The van der Waals surface area contributed by atoms with Crippen LogP contribution in [0.4, 0.5) is 0 Å². The Labute approximate surface area is 92.5 Å². The molecule has 0 bridgehead atoms. The fraction of sp³-hybridized carbons (Fsp3) is 0.917. The summed E-state index contributed by atoms with van der Waals surface area (Å²) in [5, 5.41) is 9.88. The van der Waals surface area contributed by atoms with Gasteiger partial charge in [0, 0.05) is 18.0 Å². The van der Waals surface area contributed by atoms with Crippen molar-refractivity contribution in [2.45, 2.75) is 51.7 Å². The molecule has 1 aliphatic rings. The maximum atomic E-state index is 10.8. The van der Waals surface area contributed by atoms with E-state index in [1.54, 1.807) is 0 Å². The predicted octanol–water partition coefficient (Wildman–Crippen LogP) is 1.45. The fourth-order valence-electron chi connectivity index (χ4n) is 2.40. The van der Waals surface area contributed by atoms with Gasteiger partial charge in [-0.2, -0.15) is 0 Å². The van der Waals surface area contributed by atoms with Gasteiger partial charge in [-0.05, 0) is 19.9 Å². The highest BCUT2D eigenvalue weighted by atomic mass is 16.3. The SMILES string of the molecule is CN(CC(C)(C)C=O)C1CCCCC1O. The Balaban J connectivity index is 2.51. The lowest BCUT2D eigenvalue weighted by atomic mass is 9.89. The summed E-state index contributed by atoms with van der Waals surface area (Å²) >= 11 is 0. The molecule has 15 heavy (non-hydrogen) atoms. The number of aliphatic hydroxyl groups is 1. The van der Waals surface area contributed by atoms with Crippen LogP contribution in [-0.4, -0.2) is 42.0 Å². The average Bonchev–Trinajstić information content (AvgIpc) is 2.17. The van der Waals surface area contributed by atoms with Gasteiger partial charge >= 0.3 is 0 Å². The van der Waals surface area contributed by atoms with Crippen LogP contribution in [0.3, 0.4) is 0 Å². The van der Waals surface area contributed by atoms with E-state index >= 15 is 0 Å². The Morgan fingerprint density at radius 1 is 1.40 bits per heavy atom. The molecule has 1 rings (SSSR count). The van der Waals surface area contributed by atoms with Gasteiger partial charge in [-0.3, -0.25) is 4.90 Å². The number of hydrogen-bond acceptors (Lipinski definition) is 3. The Kier molecular flexibility index (Phi) is 4.29. The molecule has 1 aliphatic carbocycles. The molecule has 2 atom stereocenters. The third-order valence-corrected chi connectivity index (χ3v) is 3.24. The van der Waals surface area contributed by atoms with Crippen molar-refractivity contribution in [3.8, 4) is 0 Å². The number of carbonyl (C=O) groups is 1. The summed E-state index contributed by atoms with van der Waals surface area (Å²) in [6, 6.07) is 0.234. The van der Waals surface area contributed by atoms with Crippen LogP contribution in [0.25, 0.3) is 0 Å². The minimum atomic E-state index is -0.314. The molecular weight excluding hydrogens is 190 g/mol. The number of nitrogens with zero attached hydrogens (tertiary/aromatic N) is 1. The molecule has 0 radical (unpaired) electrons. The predicted molar refractivity (Wildman–Crippen MR) is 60.7 cm³/mol. The first-order chi connectivity index (χ1) is 6.96. The maximum Gasteiger partial charge on any atom is 0.126 e. The van der Waals surface area contributed by atoms with Crippen LogP contribution in [0.5, 0.6) is 0 Å². The van der Waals surface area contributed by atoms with E-state index in [2.05, 4.69) is 4.90 Å². The quantitative estimate of drug-likeness (QED) is 0.719. The monoisotopic (exact) mass is 213 g/mol. The van der Waals surface area contributed by atoms with Gasteiger partial charge in [0.1, 0.15) is 6.29 Å². The van der Waals surface area contributed by atoms with Gasteiger partial charge in [-0.15, -0.1) is 0 Å². The van der Waals surface area contributed by atoms with E-state index in [9.17, 15) is 9.90 Å². The number of aliphatic hydroxyl groups excluding tert-OH is 1. The summed E-state index contributed by atoms with van der Waals surface area (Å²) in [7, 11) is 2.00. The molecule has 2 unspecified atom stereocenters. The molecule has 0 spiro atoms. The molecule has 88 valence electrons. The average molecular weight is 213 g/mol. The van der Waals surface area contributed by atoms with Gasteiger partial charge in [-0.1, -0.05) is 26.7 Å². The molecule has 0 aromatic carbocycles. The van der Waals surface area contributed by atoms with E-state index in [0.717, 1.165) is 32.1 Å². The van der Waals surface area contributed by atoms with Crippen molar-refractivity contribution in [2.24, 2.45) is 5.41 Å². The topological polar surface area (TPSA) is 40.5 Å². The molecule has 3 heteroatoms. The van der Waals surface area contributed by atoms with Crippen LogP contribution in [0, 0.1) is 5.41 Å². The Bertz CT molecular complexity index is 216. The minimum Gasteiger partial charge on any atom is -0.391 e. The second-order valence-electron chi connectivity index (χ2n) is 5.44. The highest BCUT2D eigenvalue weighted by molar-refractivity contribution is 5.58. The van der Waals surface area contributed by atoms with Crippen LogP contribution in [-0.2, 0) is 4.79 Å². The van der Waals surface area contributed by atoms with Crippen LogP contribution in [0.2, 0.25) is 0 Å². The smallest absolute Gasteiger partial charge is 0.126 e. The standard InChI is InChI=1S/C12H23NO2/c1-12(2,9-14)8-13(3)10-6-4-5-7-11(10)15/h9-11,15H,4-8H2,1-3H3. The molecule has 0 saturated heterocycles. The molecule has 1 fully saturated rings. The van der Waals surface area contributed by atoms with Gasteiger partial charge in [-0.25, -0.2) is 0 Å².